The van der Waals surface area contributed by atoms with Crippen molar-refractivity contribution in [3.63, 3.8) is 0 Å². The molecule has 0 spiro atoms. The van der Waals surface area contributed by atoms with Crippen LogP contribution in [0.1, 0.15) is 20.8 Å². The SMILES string of the molecule is COc1cc(OC)nc(SC(CN(C)C#N)C(C)(C)C)n1. The van der Waals surface area contributed by atoms with E-state index >= 15 is 0 Å². The molecule has 1 heterocycles. The number of ether oxygens (including phenoxy) is 2. The molecule has 0 saturated carbocycles. The molecule has 21 heavy (non-hydrogen) atoms. The molecule has 0 aliphatic heterocycles. The normalized spacial score (nSPS) is 12.4. The van der Waals surface area contributed by atoms with E-state index in [0.29, 0.717) is 23.5 Å². The van der Waals surface area contributed by atoms with Gasteiger partial charge in [0.15, 0.2) is 11.3 Å². The van der Waals surface area contributed by atoms with Crippen molar-refractivity contribution in [1.29, 1.82) is 5.26 Å². The summed E-state index contributed by atoms with van der Waals surface area (Å²) in [4.78, 5) is 10.3. The maximum atomic E-state index is 8.98. The van der Waals surface area contributed by atoms with Crippen molar-refractivity contribution in [3.8, 4) is 18.0 Å². The predicted molar refractivity (Wildman–Crippen MR) is 82.5 cm³/mol. The van der Waals surface area contributed by atoms with Gasteiger partial charge in [-0.1, -0.05) is 32.5 Å². The predicted octanol–water partition coefficient (Wildman–Crippen LogP) is 2.41. The highest BCUT2D eigenvalue weighted by Gasteiger charge is 2.28. The molecule has 0 aliphatic rings. The standard InChI is InChI=1S/C14H22N4O2S/c1-14(2,3)10(8-18(4)9-15)21-13-16-11(19-5)7-12(17-13)20-6/h7,10H,8H2,1-6H3. The first-order valence-electron chi connectivity index (χ1n) is 6.54. The molecular formula is C14H22N4O2S. The van der Waals surface area contributed by atoms with Crippen LogP contribution >= 0.6 is 11.8 Å². The molecule has 0 N–H and O–H groups in total. The quantitative estimate of drug-likeness (QED) is 0.346. The lowest BCUT2D eigenvalue weighted by molar-refractivity contribution is 0.331. The number of methoxy groups -OCH3 is 2. The van der Waals surface area contributed by atoms with E-state index < -0.39 is 0 Å². The fourth-order valence-electron chi connectivity index (χ4n) is 1.55. The highest BCUT2D eigenvalue weighted by molar-refractivity contribution is 7.99. The van der Waals surface area contributed by atoms with Crippen molar-refractivity contribution in [1.82, 2.24) is 14.9 Å². The second kappa shape index (κ2) is 7.36. The van der Waals surface area contributed by atoms with E-state index in [4.69, 9.17) is 14.7 Å². The highest BCUT2D eigenvalue weighted by Crippen LogP contribution is 2.35. The van der Waals surface area contributed by atoms with Crippen LogP contribution in [0.25, 0.3) is 0 Å². The summed E-state index contributed by atoms with van der Waals surface area (Å²) in [5.41, 5.74) is -0.00452. The molecule has 0 saturated heterocycles. The number of hydrogen-bond acceptors (Lipinski definition) is 7. The van der Waals surface area contributed by atoms with Crippen LogP contribution in [-0.2, 0) is 0 Å². The van der Waals surface area contributed by atoms with Crippen LogP contribution in [-0.4, -0.2) is 47.9 Å². The molecule has 1 unspecified atom stereocenters. The topological polar surface area (TPSA) is 71.3 Å². The molecule has 7 heteroatoms. The molecule has 0 fully saturated rings. The van der Waals surface area contributed by atoms with Gasteiger partial charge < -0.3 is 14.4 Å². The molecule has 1 aromatic heterocycles. The van der Waals surface area contributed by atoms with Crippen molar-refractivity contribution in [3.05, 3.63) is 6.07 Å². The Morgan fingerprint density at radius 2 is 1.81 bits per heavy atom. The zero-order chi connectivity index (χ0) is 16.0. The monoisotopic (exact) mass is 310 g/mol. The van der Waals surface area contributed by atoms with Gasteiger partial charge in [-0.25, -0.2) is 0 Å². The van der Waals surface area contributed by atoms with Gasteiger partial charge in [0.1, 0.15) is 0 Å². The Morgan fingerprint density at radius 1 is 1.29 bits per heavy atom. The van der Waals surface area contributed by atoms with Gasteiger partial charge in [0, 0.05) is 18.8 Å². The maximum absolute atomic E-state index is 8.98. The van der Waals surface area contributed by atoms with E-state index in [2.05, 4.69) is 36.9 Å². The Kier molecular flexibility index (Phi) is 6.09. The van der Waals surface area contributed by atoms with Crippen LogP contribution in [0, 0.1) is 16.9 Å². The van der Waals surface area contributed by atoms with Gasteiger partial charge in [-0.2, -0.15) is 15.2 Å². The van der Waals surface area contributed by atoms with E-state index in [0.717, 1.165) is 0 Å². The number of rotatable bonds is 6. The largest absolute Gasteiger partial charge is 0.481 e. The smallest absolute Gasteiger partial charge is 0.220 e. The van der Waals surface area contributed by atoms with E-state index in [1.807, 2.05) is 0 Å². The molecule has 0 bridgehead atoms. The highest BCUT2D eigenvalue weighted by atomic mass is 32.2. The molecule has 116 valence electrons. The Morgan fingerprint density at radius 3 is 2.19 bits per heavy atom. The van der Waals surface area contributed by atoms with Crippen molar-refractivity contribution in [2.75, 3.05) is 27.8 Å². The van der Waals surface area contributed by atoms with Crippen molar-refractivity contribution >= 4 is 11.8 Å². The van der Waals surface area contributed by atoms with Crippen molar-refractivity contribution in [2.24, 2.45) is 5.41 Å². The summed E-state index contributed by atoms with van der Waals surface area (Å²) in [7, 11) is 4.88. The number of nitriles is 1. The van der Waals surface area contributed by atoms with Crippen LogP contribution in [0.2, 0.25) is 0 Å². The first kappa shape index (κ1) is 17.4. The van der Waals surface area contributed by atoms with Gasteiger partial charge in [0.2, 0.25) is 11.8 Å². The first-order valence-corrected chi connectivity index (χ1v) is 7.42. The summed E-state index contributed by atoms with van der Waals surface area (Å²) in [6, 6.07) is 1.64. The fraction of sp³-hybridized carbons (Fsp3) is 0.643. The zero-order valence-corrected chi connectivity index (χ0v) is 14.2. The maximum Gasteiger partial charge on any atom is 0.220 e. The van der Waals surface area contributed by atoms with Crippen LogP contribution in [0.5, 0.6) is 11.8 Å². The third kappa shape index (κ3) is 5.31. The average Bonchev–Trinajstić information content (AvgIpc) is 2.44. The number of nitrogens with zero attached hydrogens (tertiary/aromatic N) is 4. The minimum atomic E-state index is -0.00452. The summed E-state index contributed by atoms with van der Waals surface area (Å²) < 4.78 is 10.3. The van der Waals surface area contributed by atoms with Crippen LogP contribution in [0.15, 0.2) is 11.2 Å². The second-order valence-electron chi connectivity index (χ2n) is 5.69. The minimum Gasteiger partial charge on any atom is -0.481 e. The summed E-state index contributed by atoms with van der Waals surface area (Å²) >= 11 is 1.52. The third-order valence-corrected chi connectivity index (χ3v) is 4.43. The summed E-state index contributed by atoms with van der Waals surface area (Å²) in [6.45, 7) is 7.02. The van der Waals surface area contributed by atoms with Gasteiger partial charge in [0.25, 0.3) is 0 Å². The van der Waals surface area contributed by atoms with Crippen LogP contribution in [0.4, 0.5) is 0 Å². The van der Waals surface area contributed by atoms with Gasteiger partial charge in [-0.15, -0.1) is 0 Å². The first-order chi connectivity index (χ1) is 9.79. The lowest BCUT2D eigenvalue weighted by Crippen LogP contribution is -2.33. The van der Waals surface area contributed by atoms with E-state index in [1.165, 1.54) is 11.8 Å². The Bertz CT molecular complexity index is 488. The average molecular weight is 310 g/mol. The van der Waals surface area contributed by atoms with E-state index in [1.54, 1.807) is 32.2 Å². The molecule has 0 radical (unpaired) electrons. The number of thioether (sulfide) groups is 1. The van der Waals surface area contributed by atoms with Gasteiger partial charge in [0.05, 0.1) is 20.3 Å². The van der Waals surface area contributed by atoms with Crippen molar-refractivity contribution < 1.29 is 9.47 Å². The molecule has 6 nitrogen and oxygen atoms in total. The van der Waals surface area contributed by atoms with E-state index in [9.17, 15) is 0 Å². The van der Waals surface area contributed by atoms with Crippen molar-refractivity contribution in [2.45, 2.75) is 31.2 Å². The van der Waals surface area contributed by atoms with Gasteiger partial charge in [-0.05, 0) is 5.41 Å². The molecule has 1 rings (SSSR count). The Hall–Kier alpha value is -1.68. The zero-order valence-electron chi connectivity index (χ0n) is 13.4. The molecule has 0 aromatic carbocycles. The number of aromatic nitrogens is 2. The third-order valence-electron chi connectivity index (χ3n) is 2.90. The lowest BCUT2D eigenvalue weighted by atomic mass is 9.91. The minimum absolute atomic E-state index is 0.00452. The Labute approximate surface area is 130 Å². The fourth-order valence-corrected chi connectivity index (χ4v) is 2.74. The van der Waals surface area contributed by atoms with Crippen LogP contribution < -0.4 is 9.47 Å². The second-order valence-corrected chi connectivity index (χ2v) is 6.86. The summed E-state index contributed by atoms with van der Waals surface area (Å²) in [5, 5.41) is 9.71. The molecular weight excluding hydrogens is 288 g/mol. The Balaban J connectivity index is 3.00. The molecule has 1 atom stereocenters. The van der Waals surface area contributed by atoms with E-state index in [-0.39, 0.29) is 10.7 Å². The molecule has 1 aromatic rings. The van der Waals surface area contributed by atoms with Gasteiger partial charge >= 0.3 is 0 Å². The van der Waals surface area contributed by atoms with Gasteiger partial charge in [-0.3, -0.25) is 0 Å². The lowest BCUT2D eigenvalue weighted by Gasteiger charge is -2.31. The van der Waals surface area contributed by atoms with Crippen LogP contribution in [0.3, 0.4) is 0 Å². The molecule has 0 aliphatic carbocycles. The number of hydrogen-bond donors (Lipinski definition) is 0. The molecule has 0 amide bonds. The summed E-state index contributed by atoms with van der Waals surface area (Å²) in [5.74, 6) is 0.927. The summed E-state index contributed by atoms with van der Waals surface area (Å²) in [6.07, 6.45) is 2.13.